The molecule has 0 spiro atoms. The number of primary amides is 1. The van der Waals surface area contributed by atoms with E-state index >= 15 is 0 Å². The Morgan fingerprint density at radius 1 is 1.45 bits per heavy atom. The lowest BCUT2D eigenvalue weighted by Gasteiger charge is -2.37. The Morgan fingerprint density at radius 3 is 2.95 bits per heavy atom. The number of carbonyl (C=O) groups excluding carboxylic acids is 1. The van der Waals surface area contributed by atoms with Gasteiger partial charge in [0.05, 0.1) is 0 Å². The van der Waals surface area contributed by atoms with Crippen LogP contribution in [0.25, 0.3) is 0 Å². The van der Waals surface area contributed by atoms with Gasteiger partial charge in [-0.25, -0.2) is 0 Å². The molecule has 1 aromatic carbocycles. The average molecular weight is 277 g/mol. The van der Waals surface area contributed by atoms with Crippen molar-refractivity contribution in [3.63, 3.8) is 0 Å². The van der Waals surface area contributed by atoms with Gasteiger partial charge in [0.15, 0.2) is 6.61 Å². The number of benzene rings is 1. The highest BCUT2D eigenvalue weighted by molar-refractivity contribution is 5.75. The Balaban J connectivity index is 1.92. The minimum absolute atomic E-state index is 0.0744. The molecule has 0 bridgehead atoms. The summed E-state index contributed by atoms with van der Waals surface area (Å²) in [6, 6.07) is 8.44. The molecule has 1 aromatic rings. The van der Waals surface area contributed by atoms with E-state index in [1.165, 1.54) is 5.56 Å². The summed E-state index contributed by atoms with van der Waals surface area (Å²) in [6.07, 6.45) is 0. The van der Waals surface area contributed by atoms with E-state index in [0.29, 0.717) is 11.8 Å². The second-order valence-corrected chi connectivity index (χ2v) is 5.47. The van der Waals surface area contributed by atoms with Crippen molar-refractivity contribution in [2.75, 3.05) is 33.3 Å². The number of ether oxygens (including phenoxy) is 1. The molecule has 5 heteroatoms. The molecule has 1 aliphatic heterocycles. The molecule has 20 heavy (non-hydrogen) atoms. The predicted octanol–water partition coefficient (Wildman–Crippen LogP) is 0.687. The Morgan fingerprint density at radius 2 is 2.25 bits per heavy atom. The number of rotatable bonds is 5. The Hall–Kier alpha value is -1.59. The molecular weight excluding hydrogens is 254 g/mol. The van der Waals surface area contributed by atoms with Crippen LogP contribution < -0.4 is 10.5 Å². The van der Waals surface area contributed by atoms with E-state index in [-0.39, 0.29) is 6.61 Å². The Bertz CT molecular complexity index is 464. The lowest BCUT2D eigenvalue weighted by molar-refractivity contribution is -0.119. The molecule has 110 valence electrons. The maximum atomic E-state index is 10.7. The van der Waals surface area contributed by atoms with Crippen LogP contribution in [0.2, 0.25) is 0 Å². The molecule has 0 aromatic heterocycles. The summed E-state index contributed by atoms with van der Waals surface area (Å²) in [5, 5.41) is 0. The normalized spacial score (nSPS) is 20.8. The van der Waals surface area contributed by atoms with Crippen LogP contribution in [-0.2, 0) is 11.3 Å². The molecular formula is C15H23N3O2. The van der Waals surface area contributed by atoms with Crippen LogP contribution in [0.1, 0.15) is 12.5 Å². The van der Waals surface area contributed by atoms with Gasteiger partial charge in [-0.15, -0.1) is 0 Å². The molecule has 5 nitrogen and oxygen atoms in total. The Labute approximate surface area is 120 Å². The van der Waals surface area contributed by atoms with Crippen molar-refractivity contribution >= 4 is 5.91 Å². The van der Waals surface area contributed by atoms with Crippen LogP contribution >= 0.6 is 0 Å². The van der Waals surface area contributed by atoms with Gasteiger partial charge in [0.2, 0.25) is 0 Å². The highest BCUT2D eigenvalue weighted by Gasteiger charge is 2.20. The number of carbonyl (C=O) groups is 1. The van der Waals surface area contributed by atoms with Gasteiger partial charge < -0.3 is 15.4 Å². The van der Waals surface area contributed by atoms with Crippen molar-refractivity contribution < 1.29 is 9.53 Å². The predicted molar refractivity (Wildman–Crippen MR) is 78.5 cm³/mol. The van der Waals surface area contributed by atoms with Crippen LogP contribution in [0.3, 0.4) is 0 Å². The van der Waals surface area contributed by atoms with E-state index in [0.717, 1.165) is 26.2 Å². The van der Waals surface area contributed by atoms with Crippen molar-refractivity contribution in [1.82, 2.24) is 9.80 Å². The van der Waals surface area contributed by atoms with Crippen LogP contribution in [0.15, 0.2) is 24.3 Å². The number of nitrogens with two attached hydrogens (primary N) is 1. The van der Waals surface area contributed by atoms with Crippen LogP contribution in [-0.4, -0.2) is 55.0 Å². The van der Waals surface area contributed by atoms with Gasteiger partial charge in [0.1, 0.15) is 5.75 Å². The number of piperazine rings is 1. The van der Waals surface area contributed by atoms with Gasteiger partial charge in [-0.2, -0.15) is 0 Å². The third kappa shape index (κ3) is 4.21. The monoisotopic (exact) mass is 277 g/mol. The maximum Gasteiger partial charge on any atom is 0.255 e. The summed E-state index contributed by atoms with van der Waals surface area (Å²) < 4.78 is 5.33. The fourth-order valence-electron chi connectivity index (χ4n) is 2.41. The maximum absolute atomic E-state index is 10.7. The van der Waals surface area contributed by atoms with E-state index < -0.39 is 5.91 Å². The zero-order valence-electron chi connectivity index (χ0n) is 12.2. The number of nitrogens with zero attached hydrogens (tertiary/aromatic N) is 2. The van der Waals surface area contributed by atoms with Crippen LogP contribution in [0.4, 0.5) is 0 Å². The third-order valence-corrected chi connectivity index (χ3v) is 3.73. The molecule has 0 unspecified atom stereocenters. The van der Waals surface area contributed by atoms with Gasteiger partial charge in [-0.3, -0.25) is 9.69 Å². The molecule has 1 amide bonds. The highest BCUT2D eigenvalue weighted by Crippen LogP contribution is 2.16. The van der Waals surface area contributed by atoms with E-state index in [1.807, 2.05) is 18.2 Å². The standard InChI is InChI=1S/C15H23N3O2/c1-12-9-18(7-6-17(12)2)10-13-4-3-5-14(8-13)20-11-15(16)19/h3-5,8,12H,6-7,9-11H2,1-2H3,(H2,16,19)/t12-/m1/s1. The minimum atomic E-state index is -0.455. The summed E-state index contributed by atoms with van der Waals surface area (Å²) in [7, 11) is 2.17. The summed E-state index contributed by atoms with van der Waals surface area (Å²) in [5.74, 6) is 0.242. The molecule has 2 N–H and O–H groups in total. The zero-order valence-corrected chi connectivity index (χ0v) is 12.2. The summed E-state index contributed by atoms with van der Waals surface area (Å²) in [4.78, 5) is 15.5. The molecule has 0 aliphatic carbocycles. The smallest absolute Gasteiger partial charge is 0.255 e. The lowest BCUT2D eigenvalue weighted by atomic mass is 10.1. The second kappa shape index (κ2) is 6.72. The van der Waals surface area contributed by atoms with Gasteiger partial charge in [-0.05, 0) is 31.7 Å². The largest absolute Gasteiger partial charge is 0.484 e. The van der Waals surface area contributed by atoms with Crippen molar-refractivity contribution in [2.24, 2.45) is 5.73 Å². The van der Waals surface area contributed by atoms with Crippen LogP contribution in [0, 0.1) is 0 Å². The van der Waals surface area contributed by atoms with Gasteiger partial charge in [0, 0.05) is 32.2 Å². The molecule has 2 rings (SSSR count). The van der Waals surface area contributed by atoms with E-state index in [2.05, 4.69) is 29.8 Å². The first kappa shape index (κ1) is 14.8. The topological polar surface area (TPSA) is 58.8 Å². The van der Waals surface area contributed by atoms with Crippen molar-refractivity contribution in [3.8, 4) is 5.75 Å². The average Bonchev–Trinajstić information content (AvgIpc) is 2.41. The quantitative estimate of drug-likeness (QED) is 0.860. The molecule has 1 saturated heterocycles. The molecule has 0 radical (unpaired) electrons. The number of likely N-dealkylation sites (N-methyl/N-ethyl adjacent to an activating group) is 1. The fourth-order valence-corrected chi connectivity index (χ4v) is 2.41. The zero-order chi connectivity index (χ0) is 14.5. The molecule has 1 heterocycles. The van der Waals surface area contributed by atoms with Crippen molar-refractivity contribution in [2.45, 2.75) is 19.5 Å². The molecule has 0 saturated carbocycles. The first-order valence-corrected chi connectivity index (χ1v) is 6.97. The van der Waals surface area contributed by atoms with E-state index in [1.54, 1.807) is 0 Å². The molecule has 1 aliphatic rings. The van der Waals surface area contributed by atoms with E-state index in [4.69, 9.17) is 10.5 Å². The summed E-state index contributed by atoms with van der Waals surface area (Å²) in [6.45, 7) is 6.33. The van der Waals surface area contributed by atoms with Crippen molar-refractivity contribution in [1.29, 1.82) is 0 Å². The van der Waals surface area contributed by atoms with Gasteiger partial charge in [-0.1, -0.05) is 12.1 Å². The molecule has 1 atom stereocenters. The SMILES string of the molecule is C[C@@H]1CN(Cc2cccc(OCC(N)=O)c2)CCN1C. The lowest BCUT2D eigenvalue weighted by Crippen LogP contribution is -2.49. The third-order valence-electron chi connectivity index (χ3n) is 3.73. The first-order valence-electron chi connectivity index (χ1n) is 6.97. The van der Waals surface area contributed by atoms with Gasteiger partial charge >= 0.3 is 0 Å². The Kier molecular flexibility index (Phi) is 4.98. The first-order chi connectivity index (χ1) is 9.54. The minimum Gasteiger partial charge on any atom is -0.484 e. The second-order valence-electron chi connectivity index (χ2n) is 5.47. The molecule has 1 fully saturated rings. The number of hydrogen-bond donors (Lipinski definition) is 1. The summed E-state index contributed by atoms with van der Waals surface area (Å²) >= 11 is 0. The number of amides is 1. The van der Waals surface area contributed by atoms with E-state index in [9.17, 15) is 4.79 Å². The highest BCUT2D eigenvalue weighted by atomic mass is 16.5. The van der Waals surface area contributed by atoms with Gasteiger partial charge in [0.25, 0.3) is 5.91 Å². The fraction of sp³-hybridized carbons (Fsp3) is 0.533. The van der Waals surface area contributed by atoms with Crippen molar-refractivity contribution in [3.05, 3.63) is 29.8 Å². The number of hydrogen-bond acceptors (Lipinski definition) is 4. The van der Waals surface area contributed by atoms with Crippen LogP contribution in [0.5, 0.6) is 5.75 Å². The summed E-state index contributed by atoms with van der Waals surface area (Å²) in [5.41, 5.74) is 6.28.